The van der Waals surface area contributed by atoms with Crippen LogP contribution in [0.5, 0.6) is 5.88 Å². The molecule has 150 valence electrons. The number of hydrogen-bond donors (Lipinski definition) is 0. The molecule has 0 fully saturated rings. The molecule has 1 aliphatic heterocycles. The second-order valence-electron chi connectivity index (χ2n) is 6.59. The highest BCUT2D eigenvalue weighted by Crippen LogP contribution is 2.51. The summed E-state index contributed by atoms with van der Waals surface area (Å²) in [6.45, 7) is -3.17. The number of likely N-dealkylation sites (N-methyl/N-ethyl adjacent to an activating group) is 1. The van der Waals surface area contributed by atoms with Crippen molar-refractivity contribution in [2.75, 3.05) is 7.05 Å². The quantitative estimate of drug-likeness (QED) is 0.553. The number of carbonyl (C=O) groups excluding carboxylic acids is 1. The summed E-state index contributed by atoms with van der Waals surface area (Å²) in [6.07, 6.45) is 2.70. The summed E-state index contributed by atoms with van der Waals surface area (Å²) in [6, 6.07) is 3.50. The molecule has 3 heterocycles. The van der Waals surface area contributed by atoms with Crippen LogP contribution in [-0.4, -0.2) is 45.4 Å². The van der Waals surface area contributed by atoms with Crippen molar-refractivity contribution in [2.45, 2.75) is 25.0 Å². The average Bonchev–Trinajstić information content (AvgIpc) is 3.02. The van der Waals surface area contributed by atoms with Crippen molar-refractivity contribution in [3.05, 3.63) is 68.2 Å². The normalized spacial score (nSPS) is 20.7. The van der Waals surface area contributed by atoms with Crippen LogP contribution < -0.4 is 4.74 Å². The molecular weight excluding hydrogens is 410 g/mol. The number of pyridine rings is 2. The first-order chi connectivity index (χ1) is 13.8. The van der Waals surface area contributed by atoms with E-state index in [9.17, 15) is 23.7 Å². The van der Waals surface area contributed by atoms with Crippen LogP contribution in [0, 0.1) is 10.1 Å². The van der Waals surface area contributed by atoms with E-state index in [4.69, 9.17) is 11.6 Å². The van der Waals surface area contributed by atoms with Gasteiger partial charge in [0.15, 0.2) is 0 Å². The van der Waals surface area contributed by atoms with Gasteiger partial charge in [-0.1, -0.05) is 11.6 Å². The van der Waals surface area contributed by atoms with Crippen LogP contribution in [0.15, 0.2) is 36.3 Å². The van der Waals surface area contributed by atoms with Crippen LogP contribution in [0.1, 0.15) is 34.0 Å². The number of hydrogen-bond acceptors (Lipinski definition) is 6. The Kier molecular flexibility index (Phi) is 4.65. The zero-order valence-electron chi connectivity index (χ0n) is 14.9. The van der Waals surface area contributed by atoms with Gasteiger partial charge in [0, 0.05) is 35.9 Å². The fraction of sp³-hybridized carbons (Fsp3) is 0.278. The number of carbonyl (C=O) groups is 1. The summed E-state index contributed by atoms with van der Waals surface area (Å²) in [4.78, 5) is 33.6. The third-order valence-electron chi connectivity index (χ3n) is 5.11. The Balaban J connectivity index is 2.03. The third-order valence-corrected chi connectivity index (χ3v) is 5.35. The van der Waals surface area contributed by atoms with Crippen LogP contribution in [0.2, 0.25) is 5.02 Å². The van der Waals surface area contributed by atoms with E-state index in [0.717, 1.165) is 0 Å². The Morgan fingerprint density at radius 1 is 1.34 bits per heavy atom. The van der Waals surface area contributed by atoms with Gasteiger partial charge < -0.3 is 9.64 Å². The van der Waals surface area contributed by atoms with Gasteiger partial charge in [0.2, 0.25) is 5.88 Å². The molecule has 0 spiro atoms. The molecule has 2 unspecified atom stereocenters. The Labute approximate surface area is 167 Å². The number of rotatable bonds is 4. The van der Waals surface area contributed by atoms with Crippen LogP contribution in [-0.2, 0) is 0 Å². The van der Waals surface area contributed by atoms with Crippen molar-refractivity contribution in [1.29, 1.82) is 0 Å². The number of allylic oxidation sites excluding steroid dienone is 1. The van der Waals surface area contributed by atoms with E-state index in [2.05, 4.69) is 14.7 Å². The van der Waals surface area contributed by atoms with Gasteiger partial charge in [0.1, 0.15) is 6.04 Å². The van der Waals surface area contributed by atoms with E-state index in [1.54, 1.807) is 0 Å². The Morgan fingerprint density at radius 3 is 2.72 bits per heavy atom. The molecule has 11 heteroatoms. The Bertz CT molecular complexity index is 1060. The van der Waals surface area contributed by atoms with Crippen LogP contribution in [0.4, 0.5) is 8.78 Å². The number of nitrogens with zero attached hydrogens (tertiary/aromatic N) is 4. The lowest BCUT2D eigenvalue weighted by atomic mass is 9.88. The SMILES string of the molecule is CN1C(=O)c2ccnc(OC(F)F)c2C2CC1C([N+](=O)[O-])=C2c1cc(Cl)ccn1. The third kappa shape index (κ3) is 3.09. The standard InChI is InChI=1S/C18H13ClF2N4O4/c1-24-12-7-10(13-9(17(24)26)3-5-23-16(13)29-18(20)21)14(15(12)25(27)28)11-6-8(19)2-4-22-11/h2-6,10,12,18H,7H2,1H3. The van der Waals surface area contributed by atoms with Gasteiger partial charge in [-0.3, -0.25) is 19.9 Å². The zero-order valence-corrected chi connectivity index (χ0v) is 15.6. The molecule has 0 N–H and O–H groups in total. The van der Waals surface area contributed by atoms with Gasteiger partial charge in [-0.15, -0.1) is 0 Å². The number of ether oxygens (including phenoxy) is 1. The second kappa shape index (κ2) is 7.03. The molecule has 2 atom stereocenters. The molecule has 29 heavy (non-hydrogen) atoms. The van der Waals surface area contributed by atoms with Crippen LogP contribution in [0.3, 0.4) is 0 Å². The first-order valence-electron chi connectivity index (χ1n) is 8.50. The summed E-state index contributed by atoms with van der Waals surface area (Å²) in [5.74, 6) is -1.77. The molecule has 0 saturated carbocycles. The molecule has 2 aromatic heterocycles. The maximum Gasteiger partial charge on any atom is 0.388 e. The highest BCUT2D eigenvalue weighted by molar-refractivity contribution is 6.30. The minimum atomic E-state index is -3.17. The first-order valence-corrected chi connectivity index (χ1v) is 8.88. The van der Waals surface area contributed by atoms with Crippen molar-refractivity contribution in [2.24, 2.45) is 0 Å². The van der Waals surface area contributed by atoms with Gasteiger partial charge in [-0.05, 0) is 24.6 Å². The molecular formula is C18H13ClF2N4O4. The molecule has 0 saturated heterocycles. The van der Waals surface area contributed by atoms with Gasteiger partial charge in [0.05, 0.1) is 21.8 Å². The van der Waals surface area contributed by atoms with E-state index >= 15 is 0 Å². The molecule has 1 amide bonds. The number of fused-ring (bicyclic) bond motifs is 4. The van der Waals surface area contributed by atoms with E-state index < -0.39 is 35.3 Å². The minimum Gasteiger partial charge on any atom is -0.417 e. The highest BCUT2D eigenvalue weighted by atomic mass is 35.5. The van der Waals surface area contributed by atoms with Crippen molar-refractivity contribution in [3.63, 3.8) is 0 Å². The lowest BCUT2D eigenvalue weighted by Gasteiger charge is -2.23. The molecule has 2 aromatic rings. The van der Waals surface area contributed by atoms with E-state index in [1.165, 1.54) is 42.5 Å². The van der Waals surface area contributed by atoms with Crippen LogP contribution in [0.25, 0.3) is 5.57 Å². The largest absolute Gasteiger partial charge is 0.417 e. The van der Waals surface area contributed by atoms with Crippen LogP contribution >= 0.6 is 11.6 Å². The van der Waals surface area contributed by atoms with Gasteiger partial charge in [0.25, 0.3) is 11.6 Å². The number of nitro groups is 1. The predicted octanol–water partition coefficient (Wildman–Crippen LogP) is 3.36. The predicted molar refractivity (Wildman–Crippen MR) is 97.3 cm³/mol. The molecule has 4 rings (SSSR count). The summed E-state index contributed by atoms with van der Waals surface area (Å²) >= 11 is 6.04. The Hall–Kier alpha value is -3.14. The lowest BCUT2D eigenvalue weighted by Crippen LogP contribution is -2.38. The fourth-order valence-corrected chi connectivity index (χ4v) is 4.14. The van der Waals surface area contributed by atoms with Gasteiger partial charge in [-0.25, -0.2) is 4.98 Å². The number of amides is 1. The Morgan fingerprint density at radius 2 is 2.07 bits per heavy atom. The van der Waals surface area contributed by atoms with Crippen molar-refractivity contribution >= 4 is 23.1 Å². The summed E-state index contributed by atoms with van der Waals surface area (Å²) in [5, 5.41) is 12.2. The maximum absolute atomic E-state index is 13.0. The number of aromatic nitrogens is 2. The topological polar surface area (TPSA) is 98.5 Å². The van der Waals surface area contributed by atoms with Crippen molar-refractivity contribution < 1.29 is 23.2 Å². The average molecular weight is 423 g/mol. The number of halogens is 3. The lowest BCUT2D eigenvalue weighted by molar-refractivity contribution is -0.430. The maximum atomic E-state index is 13.0. The van der Waals surface area contributed by atoms with Crippen molar-refractivity contribution in [1.82, 2.24) is 14.9 Å². The second-order valence-corrected chi connectivity index (χ2v) is 7.03. The highest BCUT2D eigenvalue weighted by Gasteiger charge is 2.51. The fourth-order valence-electron chi connectivity index (χ4n) is 3.98. The number of alkyl halides is 2. The summed E-state index contributed by atoms with van der Waals surface area (Å²) in [5.41, 5.74) is 0.402. The van der Waals surface area contributed by atoms with Gasteiger partial charge in [-0.2, -0.15) is 8.78 Å². The molecule has 8 nitrogen and oxygen atoms in total. The molecule has 0 aromatic carbocycles. The van der Waals surface area contributed by atoms with E-state index in [1.807, 2.05) is 0 Å². The summed E-state index contributed by atoms with van der Waals surface area (Å²) < 4.78 is 30.5. The molecule has 2 aliphatic rings. The molecule has 2 bridgehead atoms. The molecule has 0 radical (unpaired) electrons. The summed E-state index contributed by atoms with van der Waals surface area (Å²) in [7, 11) is 1.44. The monoisotopic (exact) mass is 422 g/mol. The zero-order chi connectivity index (χ0) is 20.9. The minimum absolute atomic E-state index is 0.0841. The smallest absolute Gasteiger partial charge is 0.388 e. The van der Waals surface area contributed by atoms with E-state index in [-0.39, 0.29) is 34.5 Å². The van der Waals surface area contributed by atoms with E-state index in [0.29, 0.717) is 5.02 Å². The van der Waals surface area contributed by atoms with Crippen molar-refractivity contribution in [3.8, 4) is 5.88 Å². The molecule has 1 aliphatic carbocycles. The first kappa shape index (κ1) is 19.2. The van der Waals surface area contributed by atoms with Gasteiger partial charge >= 0.3 is 6.61 Å².